The Bertz CT molecular complexity index is 278. The topological polar surface area (TPSA) is 71.2 Å². The number of rotatable bonds is 5. The summed E-state index contributed by atoms with van der Waals surface area (Å²) in [6.45, 7) is 3.49. The largest absolute Gasteiger partial charge is 0.391 e. The van der Waals surface area contributed by atoms with Gasteiger partial charge in [0.2, 0.25) is 0 Å². The van der Waals surface area contributed by atoms with E-state index in [2.05, 4.69) is 10.3 Å². The summed E-state index contributed by atoms with van der Waals surface area (Å²) in [5.74, 6) is 0.498. The molecule has 0 aromatic carbocycles. The van der Waals surface area contributed by atoms with Crippen LogP contribution in [0.1, 0.15) is 12.5 Å². The molecule has 0 radical (unpaired) electrons. The molecule has 1 rings (SSSR count). The van der Waals surface area contributed by atoms with E-state index in [0.717, 1.165) is 12.1 Å². The van der Waals surface area contributed by atoms with Gasteiger partial charge in [0.05, 0.1) is 6.10 Å². The summed E-state index contributed by atoms with van der Waals surface area (Å²) in [4.78, 5) is 3.89. The fraction of sp³-hybridized carbons (Fsp3) is 0.500. The molecule has 4 heteroatoms. The number of aromatic nitrogens is 1. The molecule has 14 heavy (non-hydrogen) atoms. The maximum Gasteiger partial charge on any atom is 0.123 e. The van der Waals surface area contributed by atoms with Gasteiger partial charge in [0, 0.05) is 12.7 Å². The van der Waals surface area contributed by atoms with Gasteiger partial charge < -0.3 is 16.2 Å². The van der Waals surface area contributed by atoms with Crippen molar-refractivity contribution >= 4 is 5.82 Å². The summed E-state index contributed by atoms with van der Waals surface area (Å²) in [5.41, 5.74) is 6.54. The molecular formula is C10H17N3O. The fourth-order valence-electron chi connectivity index (χ4n) is 1.28. The van der Waals surface area contributed by atoms with Crippen molar-refractivity contribution in [2.45, 2.75) is 19.4 Å². The number of hydrogen-bond acceptors (Lipinski definition) is 4. The van der Waals surface area contributed by atoms with Crippen LogP contribution in [0.3, 0.4) is 0 Å². The quantitative estimate of drug-likeness (QED) is 0.626. The van der Waals surface area contributed by atoms with Crippen molar-refractivity contribution in [2.24, 2.45) is 0 Å². The SMILES string of the molecule is CCNCC(O)Cc1ccnc(N)c1. The second kappa shape index (κ2) is 5.57. The lowest BCUT2D eigenvalue weighted by atomic mass is 10.1. The van der Waals surface area contributed by atoms with Crippen molar-refractivity contribution < 1.29 is 5.11 Å². The highest BCUT2D eigenvalue weighted by Gasteiger charge is 2.04. The number of likely N-dealkylation sites (N-methyl/N-ethyl adjacent to an activating group) is 1. The number of anilines is 1. The molecule has 0 spiro atoms. The second-order valence-corrected chi connectivity index (χ2v) is 3.25. The van der Waals surface area contributed by atoms with Crippen LogP contribution in [0.2, 0.25) is 0 Å². The highest BCUT2D eigenvalue weighted by Crippen LogP contribution is 2.05. The predicted molar refractivity (Wildman–Crippen MR) is 56.9 cm³/mol. The van der Waals surface area contributed by atoms with Crippen molar-refractivity contribution in [3.05, 3.63) is 23.9 Å². The van der Waals surface area contributed by atoms with E-state index >= 15 is 0 Å². The van der Waals surface area contributed by atoms with Gasteiger partial charge in [-0.15, -0.1) is 0 Å². The van der Waals surface area contributed by atoms with Crippen molar-refractivity contribution in [1.29, 1.82) is 0 Å². The molecule has 0 saturated heterocycles. The lowest BCUT2D eigenvalue weighted by Gasteiger charge is -2.10. The Kier molecular flexibility index (Phi) is 4.35. The van der Waals surface area contributed by atoms with E-state index in [1.54, 1.807) is 12.3 Å². The van der Waals surface area contributed by atoms with E-state index in [9.17, 15) is 5.11 Å². The van der Waals surface area contributed by atoms with Crippen LogP contribution < -0.4 is 11.1 Å². The molecule has 78 valence electrons. The normalized spacial score (nSPS) is 12.7. The van der Waals surface area contributed by atoms with Gasteiger partial charge in [0.25, 0.3) is 0 Å². The van der Waals surface area contributed by atoms with Crippen LogP contribution in [0.4, 0.5) is 5.82 Å². The lowest BCUT2D eigenvalue weighted by molar-refractivity contribution is 0.173. The third kappa shape index (κ3) is 3.72. The zero-order valence-electron chi connectivity index (χ0n) is 8.40. The van der Waals surface area contributed by atoms with E-state index in [1.807, 2.05) is 13.0 Å². The van der Waals surface area contributed by atoms with E-state index < -0.39 is 0 Å². The van der Waals surface area contributed by atoms with Crippen LogP contribution in [-0.2, 0) is 6.42 Å². The number of aliphatic hydroxyl groups excluding tert-OH is 1. The molecular weight excluding hydrogens is 178 g/mol. The Balaban J connectivity index is 2.43. The van der Waals surface area contributed by atoms with Gasteiger partial charge in [-0.3, -0.25) is 0 Å². The van der Waals surface area contributed by atoms with Gasteiger partial charge in [-0.25, -0.2) is 4.98 Å². The Morgan fingerprint density at radius 3 is 3.07 bits per heavy atom. The Morgan fingerprint density at radius 2 is 2.43 bits per heavy atom. The molecule has 0 aliphatic carbocycles. The number of nitrogens with zero attached hydrogens (tertiary/aromatic N) is 1. The highest BCUT2D eigenvalue weighted by atomic mass is 16.3. The number of nitrogens with one attached hydrogen (secondary N) is 1. The standard InChI is InChI=1S/C10H17N3O/c1-2-12-7-9(14)5-8-3-4-13-10(11)6-8/h3-4,6,9,12,14H,2,5,7H2,1H3,(H2,11,13). The van der Waals surface area contributed by atoms with Gasteiger partial charge >= 0.3 is 0 Å². The van der Waals surface area contributed by atoms with E-state index in [-0.39, 0.29) is 6.10 Å². The zero-order valence-corrected chi connectivity index (χ0v) is 8.40. The van der Waals surface area contributed by atoms with Crippen LogP contribution in [0.15, 0.2) is 18.3 Å². The molecule has 4 N–H and O–H groups in total. The summed E-state index contributed by atoms with van der Waals surface area (Å²) in [6.07, 6.45) is 1.90. The van der Waals surface area contributed by atoms with E-state index in [0.29, 0.717) is 18.8 Å². The van der Waals surface area contributed by atoms with Crippen molar-refractivity contribution in [1.82, 2.24) is 10.3 Å². The number of pyridine rings is 1. The summed E-state index contributed by atoms with van der Waals surface area (Å²) in [6, 6.07) is 3.65. The predicted octanol–water partition coefficient (Wildman–Crippen LogP) is 0.177. The first-order valence-corrected chi connectivity index (χ1v) is 4.81. The fourth-order valence-corrected chi connectivity index (χ4v) is 1.28. The molecule has 0 aliphatic heterocycles. The van der Waals surface area contributed by atoms with E-state index in [4.69, 9.17) is 5.73 Å². The molecule has 1 aromatic rings. The number of nitrogens with two attached hydrogens (primary N) is 1. The smallest absolute Gasteiger partial charge is 0.123 e. The molecule has 1 aromatic heterocycles. The van der Waals surface area contributed by atoms with Crippen LogP contribution in [0, 0.1) is 0 Å². The minimum Gasteiger partial charge on any atom is -0.391 e. The van der Waals surface area contributed by atoms with Crippen LogP contribution in [0.25, 0.3) is 0 Å². The molecule has 1 unspecified atom stereocenters. The van der Waals surface area contributed by atoms with Gasteiger partial charge in [-0.2, -0.15) is 0 Å². The number of nitrogen functional groups attached to an aromatic ring is 1. The Hall–Kier alpha value is -1.13. The van der Waals surface area contributed by atoms with Crippen molar-refractivity contribution in [3.63, 3.8) is 0 Å². The first-order chi connectivity index (χ1) is 6.72. The van der Waals surface area contributed by atoms with E-state index in [1.165, 1.54) is 0 Å². The third-order valence-corrected chi connectivity index (χ3v) is 1.95. The molecule has 1 atom stereocenters. The van der Waals surface area contributed by atoms with Crippen LogP contribution >= 0.6 is 0 Å². The molecule has 4 nitrogen and oxygen atoms in total. The third-order valence-electron chi connectivity index (χ3n) is 1.95. The summed E-state index contributed by atoms with van der Waals surface area (Å²) < 4.78 is 0. The minimum atomic E-state index is -0.364. The second-order valence-electron chi connectivity index (χ2n) is 3.25. The van der Waals surface area contributed by atoms with Gasteiger partial charge in [0.15, 0.2) is 0 Å². The van der Waals surface area contributed by atoms with Gasteiger partial charge in [-0.05, 0) is 30.7 Å². The van der Waals surface area contributed by atoms with Gasteiger partial charge in [-0.1, -0.05) is 6.92 Å². The zero-order chi connectivity index (χ0) is 10.4. The first kappa shape index (κ1) is 10.9. The summed E-state index contributed by atoms with van der Waals surface area (Å²) >= 11 is 0. The molecule has 1 heterocycles. The number of aliphatic hydroxyl groups is 1. The maximum absolute atomic E-state index is 9.60. The molecule has 0 aliphatic rings. The Labute approximate surface area is 84.2 Å². The molecule has 0 saturated carbocycles. The molecule has 0 fully saturated rings. The Morgan fingerprint density at radius 1 is 1.64 bits per heavy atom. The van der Waals surface area contributed by atoms with Gasteiger partial charge in [0.1, 0.15) is 5.82 Å². The maximum atomic E-state index is 9.60. The average Bonchev–Trinajstić information content (AvgIpc) is 2.15. The average molecular weight is 195 g/mol. The molecule has 0 amide bonds. The van der Waals surface area contributed by atoms with Crippen LogP contribution in [-0.4, -0.2) is 29.3 Å². The lowest BCUT2D eigenvalue weighted by Crippen LogP contribution is -2.28. The summed E-state index contributed by atoms with van der Waals surface area (Å²) in [7, 11) is 0. The summed E-state index contributed by atoms with van der Waals surface area (Å²) in [5, 5.41) is 12.7. The monoisotopic (exact) mass is 195 g/mol. The molecule has 0 bridgehead atoms. The van der Waals surface area contributed by atoms with Crippen LogP contribution in [0.5, 0.6) is 0 Å². The highest BCUT2D eigenvalue weighted by molar-refractivity contribution is 5.32. The first-order valence-electron chi connectivity index (χ1n) is 4.81. The number of hydrogen-bond donors (Lipinski definition) is 3. The minimum absolute atomic E-state index is 0.364. The van der Waals surface area contributed by atoms with Crippen molar-refractivity contribution in [2.75, 3.05) is 18.8 Å². The van der Waals surface area contributed by atoms with Crippen molar-refractivity contribution in [3.8, 4) is 0 Å².